The van der Waals surface area contributed by atoms with Gasteiger partial charge in [-0.25, -0.2) is 4.99 Å². The first-order chi connectivity index (χ1) is 12.7. The third-order valence-corrected chi connectivity index (χ3v) is 4.14. The average Bonchev–Trinajstić information content (AvgIpc) is 3.17. The molecule has 1 saturated heterocycles. The van der Waals surface area contributed by atoms with E-state index in [2.05, 4.69) is 15.6 Å². The Hall–Kier alpha value is -1.26. The highest BCUT2D eigenvalue weighted by Gasteiger charge is 2.14. The number of nitrogens with one attached hydrogen (secondary N) is 2. The summed E-state index contributed by atoms with van der Waals surface area (Å²) in [6.45, 7) is 6.17. The number of benzene rings is 1. The van der Waals surface area contributed by atoms with Crippen LogP contribution in [0.1, 0.15) is 31.7 Å². The third kappa shape index (κ3) is 8.52. The van der Waals surface area contributed by atoms with Crippen molar-refractivity contribution in [2.75, 3.05) is 40.0 Å². The Morgan fingerprint density at radius 1 is 1.37 bits per heavy atom. The van der Waals surface area contributed by atoms with Gasteiger partial charge in [-0.3, -0.25) is 0 Å². The minimum atomic E-state index is 0. The van der Waals surface area contributed by atoms with E-state index in [4.69, 9.17) is 14.2 Å². The first-order valence-electron chi connectivity index (χ1n) is 9.31. The lowest BCUT2D eigenvalue weighted by Gasteiger charge is -2.13. The van der Waals surface area contributed by atoms with Crippen LogP contribution in [0.25, 0.3) is 0 Å². The Bertz CT molecular complexity index is 566. The van der Waals surface area contributed by atoms with Crippen molar-refractivity contribution in [3.05, 3.63) is 23.8 Å². The fraction of sp³-hybridized carbons (Fsp3) is 0.632. The Kier molecular flexibility index (Phi) is 12.2. The summed E-state index contributed by atoms with van der Waals surface area (Å²) in [4.78, 5) is 4.52. The molecule has 7 nitrogen and oxygen atoms in total. The molecule has 0 aliphatic carbocycles. The summed E-state index contributed by atoms with van der Waals surface area (Å²) in [5.74, 6) is 1.31. The number of phenolic OH excluding ortho intramolecular Hbond substituents is 1. The number of rotatable bonds is 10. The van der Waals surface area contributed by atoms with Crippen molar-refractivity contribution >= 4 is 29.9 Å². The van der Waals surface area contributed by atoms with Crippen LogP contribution in [-0.4, -0.2) is 57.2 Å². The Balaban J connectivity index is 0.00000364. The molecule has 1 unspecified atom stereocenters. The number of phenols is 1. The van der Waals surface area contributed by atoms with Gasteiger partial charge in [0.15, 0.2) is 17.5 Å². The molecule has 0 saturated carbocycles. The van der Waals surface area contributed by atoms with Crippen LogP contribution in [0, 0.1) is 0 Å². The van der Waals surface area contributed by atoms with E-state index in [1.165, 1.54) is 7.11 Å². The predicted octanol–water partition coefficient (Wildman–Crippen LogP) is 2.66. The molecule has 0 bridgehead atoms. The van der Waals surface area contributed by atoms with Gasteiger partial charge in [0, 0.05) is 31.9 Å². The number of hydrogen-bond acceptors (Lipinski definition) is 5. The van der Waals surface area contributed by atoms with Crippen LogP contribution in [0.15, 0.2) is 23.2 Å². The topological polar surface area (TPSA) is 84.3 Å². The fourth-order valence-electron chi connectivity index (χ4n) is 2.74. The van der Waals surface area contributed by atoms with Gasteiger partial charge in [0.25, 0.3) is 0 Å². The van der Waals surface area contributed by atoms with Crippen molar-refractivity contribution in [1.82, 2.24) is 10.6 Å². The third-order valence-electron chi connectivity index (χ3n) is 4.14. The molecular weight excluding hydrogens is 461 g/mol. The van der Waals surface area contributed by atoms with Crippen LogP contribution in [-0.2, 0) is 16.0 Å². The molecule has 2 rings (SSSR count). The first-order valence-corrected chi connectivity index (χ1v) is 9.31. The maximum absolute atomic E-state index is 10.1. The zero-order valence-corrected chi connectivity index (χ0v) is 18.5. The molecule has 8 heteroatoms. The van der Waals surface area contributed by atoms with Crippen LogP contribution in [0.3, 0.4) is 0 Å². The predicted molar refractivity (Wildman–Crippen MR) is 117 cm³/mol. The summed E-state index contributed by atoms with van der Waals surface area (Å²) >= 11 is 0. The number of guanidine groups is 1. The van der Waals surface area contributed by atoms with Crippen LogP contribution < -0.4 is 15.4 Å². The van der Waals surface area contributed by atoms with Crippen molar-refractivity contribution in [1.29, 1.82) is 0 Å². The summed E-state index contributed by atoms with van der Waals surface area (Å²) in [5.41, 5.74) is 0.724. The maximum atomic E-state index is 10.1. The van der Waals surface area contributed by atoms with Gasteiger partial charge in [-0.05, 0) is 32.3 Å². The van der Waals surface area contributed by atoms with E-state index in [0.29, 0.717) is 31.5 Å². The highest BCUT2D eigenvalue weighted by molar-refractivity contribution is 14.0. The minimum Gasteiger partial charge on any atom is -0.504 e. The van der Waals surface area contributed by atoms with E-state index >= 15 is 0 Å². The molecule has 0 radical (unpaired) electrons. The van der Waals surface area contributed by atoms with Crippen molar-refractivity contribution < 1.29 is 19.3 Å². The number of methoxy groups -OCH3 is 1. The van der Waals surface area contributed by atoms with Gasteiger partial charge in [-0.15, -0.1) is 24.0 Å². The quantitative estimate of drug-likeness (QED) is 0.201. The zero-order chi connectivity index (χ0) is 18.6. The summed E-state index contributed by atoms with van der Waals surface area (Å²) in [5, 5.41) is 16.6. The molecular formula is C19H32IN3O4. The van der Waals surface area contributed by atoms with Gasteiger partial charge in [0.1, 0.15) is 0 Å². The van der Waals surface area contributed by atoms with E-state index in [-0.39, 0.29) is 35.8 Å². The second-order valence-corrected chi connectivity index (χ2v) is 6.15. The lowest BCUT2D eigenvalue weighted by atomic mass is 10.2. The standard InChI is InChI=1S/C19H31N3O4.HI/c1-3-20-19(21-10-6-11-25-14-16-8-5-12-26-16)22-13-15-7-4-9-17(24-2)18(15)23;/h4,7,9,16,23H,3,5-6,8,10-14H2,1-2H3,(H2,20,21,22);1H. The molecule has 1 aliphatic heterocycles. The highest BCUT2D eigenvalue weighted by Crippen LogP contribution is 2.29. The van der Waals surface area contributed by atoms with Crippen LogP contribution in [0.4, 0.5) is 0 Å². The zero-order valence-electron chi connectivity index (χ0n) is 16.2. The van der Waals surface area contributed by atoms with Gasteiger partial charge in [-0.2, -0.15) is 0 Å². The van der Waals surface area contributed by atoms with Gasteiger partial charge in [0.2, 0.25) is 0 Å². The molecule has 0 amide bonds. The monoisotopic (exact) mass is 493 g/mol. The van der Waals surface area contributed by atoms with Gasteiger partial charge < -0.3 is 30.0 Å². The molecule has 1 aliphatic rings. The smallest absolute Gasteiger partial charge is 0.191 e. The van der Waals surface area contributed by atoms with Crippen molar-refractivity contribution in [2.24, 2.45) is 4.99 Å². The highest BCUT2D eigenvalue weighted by atomic mass is 127. The van der Waals surface area contributed by atoms with Crippen molar-refractivity contribution in [3.8, 4) is 11.5 Å². The van der Waals surface area contributed by atoms with Crippen molar-refractivity contribution in [2.45, 2.75) is 38.8 Å². The normalized spacial score (nSPS) is 16.7. The van der Waals surface area contributed by atoms with E-state index < -0.39 is 0 Å². The van der Waals surface area contributed by atoms with E-state index in [1.807, 2.05) is 19.1 Å². The van der Waals surface area contributed by atoms with Crippen molar-refractivity contribution in [3.63, 3.8) is 0 Å². The number of para-hydroxylation sites is 1. The maximum Gasteiger partial charge on any atom is 0.191 e. The summed E-state index contributed by atoms with van der Waals surface area (Å²) in [6, 6.07) is 5.40. The fourth-order valence-corrected chi connectivity index (χ4v) is 2.74. The molecule has 27 heavy (non-hydrogen) atoms. The molecule has 0 aromatic heterocycles. The lowest BCUT2D eigenvalue weighted by molar-refractivity contribution is 0.0168. The first kappa shape index (κ1) is 23.8. The van der Waals surface area contributed by atoms with Gasteiger partial charge in [0.05, 0.1) is 26.4 Å². The number of nitrogens with zero attached hydrogens (tertiary/aromatic N) is 1. The molecule has 1 atom stereocenters. The van der Waals surface area contributed by atoms with E-state index in [0.717, 1.165) is 44.5 Å². The minimum absolute atomic E-state index is 0. The summed E-state index contributed by atoms with van der Waals surface area (Å²) < 4.78 is 16.3. The number of aromatic hydroxyl groups is 1. The SMILES string of the molecule is CCNC(=NCc1cccc(OC)c1O)NCCCOCC1CCCO1.I. The molecule has 1 aromatic carbocycles. The second kappa shape index (κ2) is 13.8. The van der Waals surface area contributed by atoms with Crippen LogP contribution in [0.2, 0.25) is 0 Å². The second-order valence-electron chi connectivity index (χ2n) is 6.15. The van der Waals surface area contributed by atoms with Gasteiger partial charge in [-0.1, -0.05) is 12.1 Å². The molecule has 1 heterocycles. The lowest BCUT2D eigenvalue weighted by Crippen LogP contribution is -2.38. The number of hydrogen-bond donors (Lipinski definition) is 3. The molecule has 154 valence electrons. The molecule has 1 aromatic rings. The van der Waals surface area contributed by atoms with Crippen LogP contribution >= 0.6 is 24.0 Å². The Labute approximate surface area is 178 Å². The molecule has 1 fully saturated rings. The number of aliphatic imine (C=N–C) groups is 1. The Morgan fingerprint density at radius 2 is 2.22 bits per heavy atom. The van der Waals surface area contributed by atoms with Crippen LogP contribution in [0.5, 0.6) is 11.5 Å². The number of ether oxygens (including phenoxy) is 3. The van der Waals surface area contributed by atoms with E-state index in [9.17, 15) is 5.11 Å². The van der Waals surface area contributed by atoms with Gasteiger partial charge >= 0.3 is 0 Å². The molecule has 3 N–H and O–H groups in total. The average molecular weight is 493 g/mol. The largest absolute Gasteiger partial charge is 0.504 e. The summed E-state index contributed by atoms with van der Waals surface area (Å²) in [7, 11) is 1.54. The Morgan fingerprint density at radius 3 is 2.93 bits per heavy atom. The number of halogens is 1. The summed E-state index contributed by atoms with van der Waals surface area (Å²) in [6.07, 6.45) is 3.41. The van der Waals surface area contributed by atoms with E-state index in [1.54, 1.807) is 6.07 Å². The molecule has 0 spiro atoms.